The van der Waals surface area contributed by atoms with Crippen molar-refractivity contribution in [3.63, 3.8) is 0 Å². The summed E-state index contributed by atoms with van der Waals surface area (Å²) < 4.78 is 48.6. The van der Waals surface area contributed by atoms with Crippen molar-refractivity contribution < 1.29 is 17.6 Å². The highest BCUT2D eigenvalue weighted by Gasteiger charge is 2.57. The number of rotatable bonds is 0. The minimum atomic E-state index is -3.93. The van der Waals surface area contributed by atoms with Gasteiger partial charge >= 0.3 is 11.8 Å². The summed E-state index contributed by atoms with van der Waals surface area (Å²) in [5, 5.41) is 3.20. The molecule has 0 unspecified atom stereocenters. The average molecular weight is 156 g/mol. The van der Waals surface area contributed by atoms with Gasteiger partial charge in [0.25, 0.3) is 0 Å². The van der Waals surface area contributed by atoms with Gasteiger partial charge in [-0.15, -0.1) is 0 Å². The smallest absolute Gasteiger partial charge is 0.235 e. The van der Waals surface area contributed by atoms with E-state index in [0.717, 1.165) is 0 Å². The maximum atomic E-state index is 12.2. The van der Waals surface area contributed by atoms with Crippen LogP contribution < -0.4 is 5.32 Å². The van der Waals surface area contributed by atoms with Crippen molar-refractivity contribution in [1.29, 1.82) is 0 Å². The number of hydrogen-bond acceptors (Lipinski definition) is 0. The second-order valence-electron chi connectivity index (χ2n) is 2.26. The van der Waals surface area contributed by atoms with Gasteiger partial charge in [-0.2, -0.15) is 17.6 Å². The predicted octanol–water partition coefficient (Wildman–Crippen LogP) is 1.27. The Morgan fingerprint density at radius 2 is 1.60 bits per heavy atom. The molecule has 1 aliphatic heterocycles. The van der Waals surface area contributed by atoms with E-state index in [0.29, 0.717) is 0 Å². The van der Waals surface area contributed by atoms with E-state index in [1.807, 2.05) is 0 Å². The molecule has 10 heavy (non-hydrogen) atoms. The summed E-state index contributed by atoms with van der Waals surface area (Å²) in [7, 11) is 0. The number of piperidine rings is 1. The third kappa shape index (κ3) is 1.10. The van der Waals surface area contributed by atoms with E-state index >= 15 is 0 Å². The fourth-order valence-corrected chi connectivity index (χ4v) is 0.737. The van der Waals surface area contributed by atoms with Gasteiger partial charge in [0.1, 0.15) is 0 Å². The van der Waals surface area contributed by atoms with E-state index in [-0.39, 0.29) is 6.54 Å². The maximum absolute atomic E-state index is 12.2. The van der Waals surface area contributed by atoms with Crippen LogP contribution >= 0.6 is 0 Å². The first-order valence-corrected chi connectivity index (χ1v) is 2.85. The van der Waals surface area contributed by atoms with Crippen molar-refractivity contribution in [2.45, 2.75) is 18.3 Å². The maximum Gasteiger partial charge on any atom is 0.323 e. The zero-order valence-electron chi connectivity index (χ0n) is 5.08. The van der Waals surface area contributed by atoms with Crippen molar-refractivity contribution in [1.82, 2.24) is 5.32 Å². The Bertz CT molecular complexity index is 118. The predicted molar refractivity (Wildman–Crippen MR) is 26.4 cm³/mol. The van der Waals surface area contributed by atoms with Crippen LogP contribution in [0.3, 0.4) is 0 Å². The third-order valence-corrected chi connectivity index (χ3v) is 1.43. The number of hydrogen-bond donors (Lipinski definition) is 0. The number of nitrogens with zero attached hydrogens (tertiary/aromatic N) is 1. The average Bonchev–Trinajstić information content (AvgIpc) is 1.77. The largest absolute Gasteiger partial charge is 0.323 e. The molecular formula is C5H6F4N. The quantitative estimate of drug-likeness (QED) is 0.469. The van der Waals surface area contributed by atoms with Gasteiger partial charge in [0, 0.05) is 13.0 Å². The lowest BCUT2D eigenvalue weighted by Crippen LogP contribution is -2.51. The van der Waals surface area contributed by atoms with Gasteiger partial charge < -0.3 is 0 Å². The fraction of sp³-hybridized carbons (Fsp3) is 1.00. The molecule has 5 heteroatoms. The molecule has 0 saturated carbocycles. The topological polar surface area (TPSA) is 14.1 Å². The lowest BCUT2D eigenvalue weighted by atomic mass is 10.1. The van der Waals surface area contributed by atoms with Crippen LogP contribution in [-0.4, -0.2) is 24.9 Å². The summed E-state index contributed by atoms with van der Waals surface area (Å²) in [4.78, 5) is 0. The molecule has 0 aromatic heterocycles. The monoisotopic (exact) mass is 156 g/mol. The van der Waals surface area contributed by atoms with Crippen molar-refractivity contribution >= 4 is 0 Å². The summed E-state index contributed by atoms with van der Waals surface area (Å²) >= 11 is 0. The minimum Gasteiger partial charge on any atom is -0.235 e. The zero-order chi connectivity index (χ0) is 7.83. The Kier molecular flexibility index (Phi) is 1.62. The highest BCUT2D eigenvalue weighted by molar-refractivity contribution is 4.90. The van der Waals surface area contributed by atoms with Crippen LogP contribution in [0.15, 0.2) is 0 Å². The highest BCUT2D eigenvalue weighted by atomic mass is 19.3. The Morgan fingerprint density at radius 1 is 1.00 bits per heavy atom. The van der Waals surface area contributed by atoms with Crippen molar-refractivity contribution in [3.8, 4) is 0 Å². The van der Waals surface area contributed by atoms with Gasteiger partial charge in [0.15, 0.2) is 0 Å². The van der Waals surface area contributed by atoms with Gasteiger partial charge in [0.05, 0.1) is 6.54 Å². The van der Waals surface area contributed by atoms with Crippen molar-refractivity contribution in [2.24, 2.45) is 0 Å². The van der Waals surface area contributed by atoms with Crippen molar-refractivity contribution in [3.05, 3.63) is 0 Å². The van der Waals surface area contributed by atoms with Gasteiger partial charge in [-0.25, -0.2) is 5.32 Å². The van der Waals surface area contributed by atoms with E-state index in [2.05, 4.69) is 5.32 Å². The molecule has 0 aromatic carbocycles. The lowest BCUT2D eigenvalue weighted by Gasteiger charge is -2.30. The van der Waals surface area contributed by atoms with Crippen LogP contribution in [0.25, 0.3) is 0 Å². The summed E-state index contributed by atoms with van der Waals surface area (Å²) in [6.07, 6.45) is -0.833. The van der Waals surface area contributed by atoms with Crippen LogP contribution in [0.5, 0.6) is 0 Å². The van der Waals surface area contributed by atoms with E-state index < -0.39 is 24.8 Å². The van der Waals surface area contributed by atoms with Crippen LogP contribution in [0, 0.1) is 0 Å². The van der Waals surface area contributed by atoms with Crippen LogP contribution in [0.1, 0.15) is 6.42 Å². The first kappa shape index (κ1) is 7.78. The molecular weight excluding hydrogens is 150 g/mol. The Morgan fingerprint density at radius 3 is 1.90 bits per heavy atom. The summed E-state index contributed by atoms with van der Waals surface area (Å²) in [6, 6.07) is 0. The first-order chi connectivity index (χ1) is 4.46. The molecule has 0 bridgehead atoms. The zero-order valence-corrected chi connectivity index (χ0v) is 5.08. The van der Waals surface area contributed by atoms with Gasteiger partial charge in [-0.05, 0) is 0 Å². The molecule has 1 saturated heterocycles. The SMILES string of the molecule is FC1(F)CC[N]CC1(F)F. The van der Waals surface area contributed by atoms with Gasteiger partial charge in [-0.1, -0.05) is 0 Å². The van der Waals surface area contributed by atoms with E-state index in [1.165, 1.54) is 0 Å². The lowest BCUT2D eigenvalue weighted by molar-refractivity contribution is -0.220. The first-order valence-electron chi connectivity index (χ1n) is 2.85. The molecule has 1 heterocycles. The van der Waals surface area contributed by atoms with Crippen LogP contribution in [0.4, 0.5) is 17.6 Å². The Hall–Kier alpha value is -0.320. The molecule has 1 aliphatic rings. The summed E-state index contributed by atoms with van der Waals surface area (Å²) in [6.45, 7) is -1.21. The van der Waals surface area contributed by atoms with Gasteiger partial charge in [-0.3, -0.25) is 0 Å². The minimum absolute atomic E-state index is 0.164. The summed E-state index contributed by atoms with van der Waals surface area (Å²) in [5.41, 5.74) is 0. The molecule has 1 fully saturated rings. The number of alkyl halides is 4. The van der Waals surface area contributed by atoms with Gasteiger partial charge in [0.2, 0.25) is 0 Å². The third-order valence-electron chi connectivity index (χ3n) is 1.43. The van der Waals surface area contributed by atoms with E-state index in [9.17, 15) is 17.6 Å². The van der Waals surface area contributed by atoms with Crippen LogP contribution in [0.2, 0.25) is 0 Å². The molecule has 0 spiro atoms. The molecule has 0 amide bonds. The Labute approximate surface area is 55.4 Å². The second kappa shape index (κ2) is 2.08. The molecule has 0 N–H and O–H groups in total. The second-order valence-corrected chi connectivity index (χ2v) is 2.26. The van der Waals surface area contributed by atoms with E-state index in [4.69, 9.17) is 0 Å². The fourth-order valence-electron chi connectivity index (χ4n) is 0.737. The molecule has 1 rings (SSSR count). The molecule has 0 aliphatic carbocycles. The molecule has 0 aromatic rings. The molecule has 1 nitrogen and oxygen atoms in total. The molecule has 59 valence electrons. The number of halogens is 4. The molecule has 1 radical (unpaired) electrons. The normalized spacial score (nSPS) is 30.0. The van der Waals surface area contributed by atoms with Crippen LogP contribution in [-0.2, 0) is 0 Å². The Balaban J connectivity index is 2.70. The highest BCUT2D eigenvalue weighted by Crippen LogP contribution is 2.38. The van der Waals surface area contributed by atoms with E-state index in [1.54, 1.807) is 0 Å². The van der Waals surface area contributed by atoms with Crippen molar-refractivity contribution in [2.75, 3.05) is 13.1 Å². The standard InChI is InChI=1S/C5H6F4N/c6-4(7)1-2-10-3-5(4,8)9/h1-3H2. The summed E-state index contributed by atoms with van der Waals surface area (Å²) in [5.74, 6) is -7.78. The molecule has 0 atom stereocenters.